The number of carboxylic acid groups (broad SMARTS) is 1. The molecule has 78 valence electrons. The molecule has 5 heteroatoms. The molecule has 2 rings (SSSR count). The van der Waals surface area contributed by atoms with Gasteiger partial charge in [0.05, 0.1) is 24.3 Å². The maximum Gasteiger partial charge on any atom is 0.335 e. The van der Waals surface area contributed by atoms with Crippen molar-refractivity contribution < 1.29 is 9.90 Å². The smallest absolute Gasteiger partial charge is 0.335 e. The Bertz CT molecular complexity index is 386. The first-order valence-corrected chi connectivity index (χ1v) is 4.62. The van der Waals surface area contributed by atoms with Gasteiger partial charge in [-0.15, -0.1) is 0 Å². The highest BCUT2D eigenvalue weighted by molar-refractivity contribution is 5.88. The van der Waals surface area contributed by atoms with Gasteiger partial charge in [-0.1, -0.05) is 0 Å². The number of benzene rings is 1. The van der Waals surface area contributed by atoms with Crippen LogP contribution in [-0.2, 0) is 0 Å². The molecular weight excluding hydrogens is 194 g/mol. The molecule has 1 aromatic rings. The van der Waals surface area contributed by atoms with Crippen molar-refractivity contribution in [2.45, 2.75) is 0 Å². The molecule has 1 aliphatic rings. The van der Waals surface area contributed by atoms with Gasteiger partial charge in [0.2, 0.25) is 0 Å². The minimum atomic E-state index is -0.913. The number of hydrazine groups is 1. The lowest BCUT2D eigenvalue weighted by molar-refractivity contribution is 0.0697. The van der Waals surface area contributed by atoms with Gasteiger partial charge in [-0.2, -0.15) is 0 Å². The largest absolute Gasteiger partial charge is 0.478 e. The molecule has 0 aliphatic carbocycles. The summed E-state index contributed by atoms with van der Waals surface area (Å²) in [6.07, 6.45) is 1.73. The zero-order valence-corrected chi connectivity index (χ0v) is 8.05. The quantitative estimate of drug-likeness (QED) is 0.774. The number of nitrogens with one attached hydrogen (secondary N) is 1. The molecule has 1 aliphatic heterocycles. The summed E-state index contributed by atoms with van der Waals surface area (Å²) >= 11 is 0. The minimum Gasteiger partial charge on any atom is -0.478 e. The number of hydrogen-bond donors (Lipinski definition) is 2. The molecule has 0 fully saturated rings. The van der Waals surface area contributed by atoms with E-state index in [2.05, 4.69) is 10.4 Å². The molecule has 0 unspecified atom stereocenters. The van der Waals surface area contributed by atoms with Gasteiger partial charge in [0.15, 0.2) is 0 Å². The van der Waals surface area contributed by atoms with E-state index in [9.17, 15) is 4.79 Å². The fraction of sp³-hybridized carbons (Fsp3) is 0.200. The summed E-state index contributed by atoms with van der Waals surface area (Å²) in [7, 11) is 0. The Kier molecular flexibility index (Phi) is 2.53. The van der Waals surface area contributed by atoms with E-state index in [4.69, 9.17) is 5.11 Å². The Hall–Kier alpha value is -2.04. The average Bonchev–Trinajstić information content (AvgIpc) is 2.71. The van der Waals surface area contributed by atoms with Crippen LogP contribution in [0.5, 0.6) is 0 Å². The number of anilines is 1. The normalized spacial score (nSPS) is 14.3. The summed E-state index contributed by atoms with van der Waals surface area (Å²) in [5.74, 6) is -0.913. The molecule has 15 heavy (non-hydrogen) atoms. The summed E-state index contributed by atoms with van der Waals surface area (Å²) in [5.41, 5.74) is 4.24. The number of hydrogen-bond acceptors (Lipinski definition) is 4. The van der Waals surface area contributed by atoms with Crippen LogP contribution >= 0.6 is 0 Å². The van der Waals surface area contributed by atoms with Crippen molar-refractivity contribution in [3.63, 3.8) is 0 Å². The predicted molar refractivity (Wildman–Crippen MR) is 57.1 cm³/mol. The SMILES string of the molecule is O=C(O)c1ccc(NN2C=NCC2)cc1. The van der Waals surface area contributed by atoms with Crippen LogP contribution in [0.3, 0.4) is 0 Å². The summed E-state index contributed by atoms with van der Waals surface area (Å²) in [6.45, 7) is 1.63. The van der Waals surface area contributed by atoms with Crippen LogP contribution in [0.4, 0.5) is 5.69 Å². The van der Waals surface area contributed by atoms with Crippen molar-refractivity contribution in [3.8, 4) is 0 Å². The fourth-order valence-corrected chi connectivity index (χ4v) is 1.32. The van der Waals surface area contributed by atoms with Crippen molar-refractivity contribution in [1.29, 1.82) is 0 Å². The first kappa shape index (κ1) is 9.51. The molecular formula is C10H11N3O2. The van der Waals surface area contributed by atoms with E-state index in [0.717, 1.165) is 18.8 Å². The van der Waals surface area contributed by atoms with Gasteiger partial charge in [-0.05, 0) is 24.3 Å². The minimum absolute atomic E-state index is 0.288. The van der Waals surface area contributed by atoms with Gasteiger partial charge < -0.3 is 5.11 Å². The second-order valence-corrected chi connectivity index (χ2v) is 3.21. The second-order valence-electron chi connectivity index (χ2n) is 3.21. The molecule has 0 aromatic heterocycles. The number of carbonyl (C=O) groups is 1. The van der Waals surface area contributed by atoms with E-state index in [1.54, 1.807) is 30.6 Å². The maximum atomic E-state index is 10.6. The molecule has 0 saturated carbocycles. The third kappa shape index (κ3) is 2.25. The molecule has 0 atom stereocenters. The molecule has 0 bridgehead atoms. The number of rotatable bonds is 3. The molecule has 0 spiro atoms. The topological polar surface area (TPSA) is 64.9 Å². The van der Waals surface area contributed by atoms with Gasteiger partial charge in [0.1, 0.15) is 6.34 Å². The van der Waals surface area contributed by atoms with Gasteiger partial charge in [-0.25, -0.2) is 4.79 Å². The molecule has 1 heterocycles. The summed E-state index contributed by atoms with van der Waals surface area (Å²) < 4.78 is 0. The van der Waals surface area contributed by atoms with E-state index in [0.29, 0.717) is 0 Å². The van der Waals surface area contributed by atoms with Crippen LogP contribution < -0.4 is 5.43 Å². The van der Waals surface area contributed by atoms with Gasteiger partial charge in [0.25, 0.3) is 0 Å². The summed E-state index contributed by atoms with van der Waals surface area (Å²) in [5, 5.41) is 10.6. The molecule has 1 aromatic carbocycles. The Morgan fingerprint density at radius 2 is 2.13 bits per heavy atom. The maximum absolute atomic E-state index is 10.6. The average molecular weight is 205 g/mol. The standard InChI is InChI=1S/C10H11N3O2/c14-10(15)8-1-3-9(4-2-8)12-13-6-5-11-7-13/h1-4,7,12H,5-6H2,(H,14,15). The van der Waals surface area contributed by atoms with Crippen molar-refractivity contribution in [2.75, 3.05) is 18.5 Å². The lowest BCUT2D eigenvalue weighted by Crippen LogP contribution is -2.26. The van der Waals surface area contributed by atoms with E-state index in [-0.39, 0.29) is 5.56 Å². The molecule has 5 nitrogen and oxygen atoms in total. The van der Waals surface area contributed by atoms with Crippen LogP contribution in [0.25, 0.3) is 0 Å². The fourth-order valence-electron chi connectivity index (χ4n) is 1.32. The third-order valence-electron chi connectivity index (χ3n) is 2.10. The third-order valence-corrected chi connectivity index (χ3v) is 2.10. The first-order chi connectivity index (χ1) is 7.25. The Labute approximate surface area is 87.0 Å². The van der Waals surface area contributed by atoms with Gasteiger partial charge in [-0.3, -0.25) is 15.4 Å². The number of carboxylic acids is 1. The highest BCUT2D eigenvalue weighted by Gasteiger charge is 2.05. The van der Waals surface area contributed by atoms with Gasteiger partial charge in [0, 0.05) is 0 Å². The van der Waals surface area contributed by atoms with E-state index >= 15 is 0 Å². The first-order valence-electron chi connectivity index (χ1n) is 4.62. The van der Waals surface area contributed by atoms with Crippen molar-refractivity contribution in [3.05, 3.63) is 29.8 Å². The monoisotopic (exact) mass is 205 g/mol. The summed E-state index contributed by atoms with van der Waals surface area (Å²) in [6, 6.07) is 6.60. The zero-order chi connectivity index (χ0) is 10.7. The lowest BCUT2D eigenvalue weighted by atomic mass is 10.2. The highest BCUT2D eigenvalue weighted by atomic mass is 16.4. The van der Waals surface area contributed by atoms with E-state index < -0.39 is 5.97 Å². The summed E-state index contributed by atoms with van der Waals surface area (Å²) in [4.78, 5) is 14.7. The molecule has 0 radical (unpaired) electrons. The Balaban J connectivity index is 2.03. The number of aliphatic imine (C=N–C) groups is 1. The number of aromatic carboxylic acids is 1. The van der Waals surface area contributed by atoms with Crippen LogP contribution in [0, 0.1) is 0 Å². The predicted octanol–water partition coefficient (Wildman–Crippen LogP) is 1.06. The molecule has 0 saturated heterocycles. The van der Waals surface area contributed by atoms with Crippen LogP contribution in [0.15, 0.2) is 29.3 Å². The van der Waals surface area contributed by atoms with E-state index in [1.165, 1.54) is 0 Å². The lowest BCUT2D eigenvalue weighted by Gasteiger charge is -2.16. The van der Waals surface area contributed by atoms with Crippen molar-refractivity contribution in [2.24, 2.45) is 4.99 Å². The second kappa shape index (κ2) is 4.00. The van der Waals surface area contributed by atoms with Gasteiger partial charge >= 0.3 is 5.97 Å². The zero-order valence-electron chi connectivity index (χ0n) is 8.05. The van der Waals surface area contributed by atoms with Crippen LogP contribution in [0.2, 0.25) is 0 Å². The molecule has 2 N–H and O–H groups in total. The van der Waals surface area contributed by atoms with Crippen molar-refractivity contribution in [1.82, 2.24) is 5.01 Å². The van der Waals surface area contributed by atoms with Crippen LogP contribution in [-0.4, -0.2) is 35.5 Å². The Morgan fingerprint density at radius 1 is 1.40 bits per heavy atom. The number of nitrogens with zero attached hydrogens (tertiary/aromatic N) is 2. The van der Waals surface area contributed by atoms with Crippen molar-refractivity contribution >= 4 is 18.0 Å². The van der Waals surface area contributed by atoms with Crippen LogP contribution in [0.1, 0.15) is 10.4 Å². The highest BCUT2D eigenvalue weighted by Crippen LogP contribution is 2.10. The molecule has 0 amide bonds. The van der Waals surface area contributed by atoms with E-state index in [1.807, 2.05) is 5.01 Å². The Morgan fingerprint density at radius 3 is 2.67 bits per heavy atom.